The zero-order valence-electron chi connectivity index (χ0n) is 6.36. The molecule has 0 aliphatic heterocycles. The van der Waals surface area contributed by atoms with Crippen molar-refractivity contribution in [1.29, 1.82) is 5.26 Å². The third-order valence-electron chi connectivity index (χ3n) is 3.03. The van der Waals surface area contributed by atoms with E-state index >= 15 is 0 Å². The number of nitrogens with zero attached hydrogens (tertiary/aromatic N) is 1. The lowest BCUT2D eigenvalue weighted by molar-refractivity contribution is 0.353. The van der Waals surface area contributed by atoms with Crippen LogP contribution in [0.1, 0.15) is 19.3 Å². The molecule has 0 saturated heterocycles. The average molecular weight is 173 g/mol. The lowest BCUT2D eigenvalue weighted by atomic mass is 9.87. The van der Waals surface area contributed by atoms with E-state index in [9.17, 15) is 0 Å². The van der Waals surface area contributed by atoms with Gasteiger partial charge in [-0.05, 0) is 31.1 Å². The largest absolute Gasteiger partial charge is 0.327 e. The number of hydrogen-bond donors (Lipinski definition) is 1. The molecule has 4 atom stereocenters. The van der Waals surface area contributed by atoms with Gasteiger partial charge in [0.05, 0.1) is 12.0 Å². The van der Waals surface area contributed by atoms with Gasteiger partial charge in [0, 0.05) is 6.04 Å². The molecule has 0 heterocycles. The second-order valence-corrected chi connectivity index (χ2v) is 3.64. The molecule has 0 spiro atoms. The molecule has 0 aromatic rings. The molecular weight excluding hydrogens is 160 g/mol. The van der Waals surface area contributed by atoms with Crippen LogP contribution in [-0.2, 0) is 0 Å². The molecule has 62 valence electrons. The smallest absolute Gasteiger partial charge is 0.0659 e. The maximum Gasteiger partial charge on any atom is 0.0659 e. The van der Waals surface area contributed by atoms with Crippen LogP contribution in [0.3, 0.4) is 0 Å². The van der Waals surface area contributed by atoms with Gasteiger partial charge in [0.25, 0.3) is 0 Å². The fourth-order valence-electron chi connectivity index (χ4n) is 2.55. The van der Waals surface area contributed by atoms with Crippen LogP contribution in [0.4, 0.5) is 0 Å². The summed E-state index contributed by atoms with van der Waals surface area (Å²) < 4.78 is 0. The molecule has 2 aliphatic carbocycles. The Morgan fingerprint density at radius 1 is 1.27 bits per heavy atom. The number of fused-ring (bicyclic) bond motifs is 2. The summed E-state index contributed by atoms with van der Waals surface area (Å²) in [6, 6.07) is 2.68. The van der Waals surface area contributed by atoms with Crippen LogP contribution in [0.5, 0.6) is 0 Å². The van der Waals surface area contributed by atoms with Crippen LogP contribution in [0, 0.1) is 29.1 Å². The van der Waals surface area contributed by atoms with Gasteiger partial charge in [0.15, 0.2) is 0 Å². The summed E-state index contributed by atoms with van der Waals surface area (Å²) in [5.41, 5.74) is 5.83. The molecule has 2 saturated carbocycles. The van der Waals surface area contributed by atoms with E-state index in [0.717, 1.165) is 12.3 Å². The van der Waals surface area contributed by atoms with Gasteiger partial charge in [0.2, 0.25) is 0 Å². The minimum Gasteiger partial charge on any atom is -0.327 e. The minimum atomic E-state index is 0. The van der Waals surface area contributed by atoms with Crippen molar-refractivity contribution in [2.45, 2.75) is 25.3 Å². The Hall–Kier alpha value is -0.260. The van der Waals surface area contributed by atoms with Crippen LogP contribution in [0.25, 0.3) is 0 Å². The van der Waals surface area contributed by atoms with Gasteiger partial charge in [-0.25, -0.2) is 0 Å². The number of nitriles is 1. The van der Waals surface area contributed by atoms with Gasteiger partial charge < -0.3 is 5.73 Å². The molecule has 11 heavy (non-hydrogen) atoms. The second kappa shape index (κ2) is 3.00. The van der Waals surface area contributed by atoms with E-state index in [-0.39, 0.29) is 18.3 Å². The highest BCUT2D eigenvalue weighted by molar-refractivity contribution is 5.85. The van der Waals surface area contributed by atoms with Crippen LogP contribution in [-0.4, -0.2) is 6.04 Å². The number of rotatable bonds is 0. The van der Waals surface area contributed by atoms with Crippen molar-refractivity contribution in [2.75, 3.05) is 0 Å². The monoisotopic (exact) mass is 172 g/mol. The highest BCUT2D eigenvalue weighted by Crippen LogP contribution is 2.47. The topological polar surface area (TPSA) is 49.8 Å². The summed E-state index contributed by atoms with van der Waals surface area (Å²) in [6.45, 7) is 0. The number of nitrogens with two attached hydrogens (primary N) is 1. The molecule has 2 fully saturated rings. The molecular formula is C8H13ClN2. The van der Waals surface area contributed by atoms with Crippen molar-refractivity contribution in [3.8, 4) is 6.07 Å². The summed E-state index contributed by atoms with van der Waals surface area (Å²) in [5, 5.41) is 8.70. The Morgan fingerprint density at radius 3 is 2.36 bits per heavy atom. The summed E-state index contributed by atoms with van der Waals surface area (Å²) in [6.07, 6.45) is 3.51. The molecule has 0 unspecified atom stereocenters. The molecule has 0 aromatic carbocycles. The van der Waals surface area contributed by atoms with Gasteiger partial charge in [-0.15, -0.1) is 12.4 Å². The van der Waals surface area contributed by atoms with Crippen molar-refractivity contribution < 1.29 is 0 Å². The molecule has 2 bridgehead atoms. The average Bonchev–Trinajstić information content (AvgIpc) is 2.44. The Balaban J connectivity index is 0.000000605. The zero-order valence-corrected chi connectivity index (χ0v) is 7.18. The summed E-state index contributed by atoms with van der Waals surface area (Å²) in [7, 11) is 0. The molecule has 2 rings (SSSR count). The first-order valence-corrected chi connectivity index (χ1v) is 3.96. The molecule has 3 heteroatoms. The number of hydrogen-bond acceptors (Lipinski definition) is 2. The highest BCUT2D eigenvalue weighted by atomic mass is 35.5. The minimum absolute atomic E-state index is 0. The van der Waals surface area contributed by atoms with Crippen molar-refractivity contribution in [2.24, 2.45) is 23.5 Å². The fourth-order valence-corrected chi connectivity index (χ4v) is 2.55. The second-order valence-electron chi connectivity index (χ2n) is 3.64. The van der Waals surface area contributed by atoms with E-state index in [1.807, 2.05) is 0 Å². The summed E-state index contributed by atoms with van der Waals surface area (Å²) in [5.74, 6) is 1.60. The van der Waals surface area contributed by atoms with Crippen LogP contribution in [0.2, 0.25) is 0 Å². The maximum atomic E-state index is 8.70. The van der Waals surface area contributed by atoms with Gasteiger partial charge in [-0.2, -0.15) is 5.26 Å². The van der Waals surface area contributed by atoms with Gasteiger partial charge >= 0.3 is 0 Å². The van der Waals surface area contributed by atoms with Gasteiger partial charge in [0.1, 0.15) is 0 Å². The standard InChI is InChI=1S/C8H12N2.ClH/c9-4-6-1-5-2-7(6)8(10)3-5;/h5-8H,1-3,10H2;1H/t5-,6+,7-,8+;/m1./s1. The van der Waals surface area contributed by atoms with E-state index in [1.54, 1.807) is 0 Å². The third kappa shape index (κ3) is 1.23. The number of halogens is 1. The van der Waals surface area contributed by atoms with Gasteiger partial charge in [-0.1, -0.05) is 0 Å². The molecule has 2 aliphatic rings. The van der Waals surface area contributed by atoms with E-state index in [0.29, 0.717) is 12.0 Å². The predicted molar refractivity (Wildman–Crippen MR) is 45.2 cm³/mol. The SMILES string of the molecule is Cl.N#C[C@@H]1C[C@@H]2C[C@H]1[C@@H](N)C2. The van der Waals surface area contributed by atoms with Crippen LogP contribution >= 0.6 is 12.4 Å². The van der Waals surface area contributed by atoms with Crippen molar-refractivity contribution in [1.82, 2.24) is 0 Å². The van der Waals surface area contributed by atoms with Crippen LogP contribution < -0.4 is 5.73 Å². The predicted octanol–water partition coefficient (Wildman–Crippen LogP) is 1.31. The van der Waals surface area contributed by atoms with E-state index in [4.69, 9.17) is 11.0 Å². The normalized spacial score (nSPS) is 46.5. The first-order valence-electron chi connectivity index (χ1n) is 3.96. The quantitative estimate of drug-likeness (QED) is 0.599. The molecule has 0 radical (unpaired) electrons. The highest BCUT2D eigenvalue weighted by Gasteiger charge is 2.44. The summed E-state index contributed by atoms with van der Waals surface area (Å²) >= 11 is 0. The van der Waals surface area contributed by atoms with E-state index in [2.05, 4.69) is 6.07 Å². The maximum absolute atomic E-state index is 8.70. The summed E-state index contributed by atoms with van der Waals surface area (Å²) in [4.78, 5) is 0. The molecule has 2 nitrogen and oxygen atoms in total. The molecule has 0 amide bonds. The van der Waals surface area contributed by atoms with E-state index in [1.165, 1.54) is 12.8 Å². The Labute approximate surface area is 73.2 Å². The lowest BCUT2D eigenvalue weighted by Gasteiger charge is -2.20. The third-order valence-corrected chi connectivity index (χ3v) is 3.03. The Kier molecular flexibility index (Phi) is 2.41. The van der Waals surface area contributed by atoms with Crippen molar-refractivity contribution >= 4 is 12.4 Å². The van der Waals surface area contributed by atoms with E-state index < -0.39 is 0 Å². The first kappa shape index (κ1) is 8.83. The first-order chi connectivity index (χ1) is 4.81. The van der Waals surface area contributed by atoms with Crippen molar-refractivity contribution in [3.05, 3.63) is 0 Å². The van der Waals surface area contributed by atoms with Crippen LogP contribution in [0.15, 0.2) is 0 Å². The Bertz CT molecular complexity index is 187. The fraction of sp³-hybridized carbons (Fsp3) is 0.875. The zero-order chi connectivity index (χ0) is 7.14. The van der Waals surface area contributed by atoms with Gasteiger partial charge in [-0.3, -0.25) is 0 Å². The molecule has 0 aromatic heterocycles. The Morgan fingerprint density at radius 2 is 2.00 bits per heavy atom. The molecule has 2 N–H and O–H groups in total. The lowest BCUT2D eigenvalue weighted by Crippen LogP contribution is -2.31. The van der Waals surface area contributed by atoms with Crippen molar-refractivity contribution in [3.63, 3.8) is 0 Å².